The molecule has 3 aliphatic rings. The summed E-state index contributed by atoms with van der Waals surface area (Å²) in [6, 6.07) is 52.9. The van der Waals surface area contributed by atoms with E-state index in [1.165, 1.54) is 79.1 Å². The van der Waals surface area contributed by atoms with E-state index in [0.29, 0.717) is 0 Å². The Balaban J connectivity index is 1.10. The maximum Gasteiger partial charge on any atom is 0.143 e. The first-order valence-corrected chi connectivity index (χ1v) is 20.1. The predicted molar refractivity (Wildman–Crippen MR) is 237 cm³/mol. The van der Waals surface area contributed by atoms with Crippen molar-refractivity contribution in [3.05, 3.63) is 198 Å². The highest BCUT2D eigenvalue weighted by Gasteiger charge is 2.27. The van der Waals surface area contributed by atoms with Gasteiger partial charge in [0.15, 0.2) is 0 Å². The van der Waals surface area contributed by atoms with Gasteiger partial charge in [-0.2, -0.15) is 0 Å². The van der Waals surface area contributed by atoms with Crippen molar-refractivity contribution < 1.29 is 4.42 Å². The second-order valence-electron chi connectivity index (χ2n) is 15.3. The molecular weight excluding hydrogens is 679 g/mol. The van der Waals surface area contributed by atoms with Gasteiger partial charge in [0.1, 0.15) is 11.2 Å². The van der Waals surface area contributed by atoms with E-state index in [-0.39, 0.29) is 0 Å². The van der Waals surface area contributed by atoms with E-state index in [9.17, 15) is 0 Å². The SMILES string of the molecule is C1=CC2=C(CC1)CCC=C2c1cc2c(oc3cccc(N(c4ccc(-c5ccc(-c6ccccc6)cc5)cc4)c4cccc5ccccc45)c32)c2c1CCC=C2. The number of fused-ring (bicyclic) bond motifs is 6. The van der Waals surface area contributed by atoms with Crippen molar-refractivity contribution in [1.82, 2.24) is 0 Å². The smallest absolute Gasteiger partial charge is 0.143 e. The van der Waals surface area contributed by atoms with Crippen LogP contribution in [0.3, 0.4) is 0 Å². The van der Waals surface area contributed by atoms with Crippen molar-refractivity contribution in [2.75, 3.05) is 4.90 Å². The van der Waals surface area contributed by atoms with Crippen molar-refractivity contribution >= 4 is 61.4 Å². The molecule has 56 heavy (non-hydrogen) atoms. The fraction of sp³-hybridized carbons (Fsp3) is 0.111. The summed E-state index contributed by atoms with van der Waals surface area (Å²) in [4.78, 5) is 2.45. The molecule has 0 N–H and O–H groups in total. The van der Waals surface area contributed by atoms with E-state index in [4.69, 9.17) is 4.42 Å². The van der Waals surface area contributed by atoms with Gasteiger partial charge < -0.3 is 9.32 Å². The van der Waals surface area contributed by atoms with Crippen molar-refractivity contribution in [1.29, 1.82) is 0 Å². The molecule has 268 valence electrons. The average molecular weight is 720 g/mol. The van der Waals surface area contributed by atoms with Crippen LogP contribution in [-0.2, 0) is 6.42 Å². The Bertz CT molecular complexity index is 2930. The van der Waals surface area contributed by atoms with Crippen molar-refractivity contribution in [2.45, 2.75) is 38.5 Å². The zero-order valence-corrected chi connectivity index (χ0v) is 31.3. The van der Waals surface area contributed by atoms with E-state index in [1.807, 2.05) is 0 Å². The number of hydrogen-bond donors (Lipinski definition) is 0. The molecule has 0 saturated heterocycles. The summed E-state index contributed by atoms with van der Waals surface area (Å²) in [7, 11) is 0. The second-order valence-corrected chi connectivity index (χ2v) is 15.3. The Hall–Kier alpha value is -6.64. The van der Waals surface area contributed by atoms with Crippen molar-refractivity contribution in [2.24, 2.45) is 0 Å². The molecule has 0 atom stereocenters. The van der Waals surface area contributed by atoms with Gasteiger partial charge in [0.05, 0.1) is 16.8 Å². The molecule has 0 amide bonds. The summed E-state index contributed by atoms with van der Waals surface area (Å²) >= 11 is 0. The Kier molecular flexibility index (Phi) is 7.95. The third kappa shape index (κ3) is 5.47. The van der Waals surface area contributed by atoms with Crippen LogP contribution in [0.15, 0.2) is 185 Å². The highest BCUT2D eigenvalue weighted by molar-refractivity contribution is 6.17. The lowest BCUT2D eigenvalue weighted by Gasteiger charge is -2.28. The summed E-state index contributed by atoms with van der Waals surface area (Å²) in [5, 5.41) is 4.73. The lowest BCUT2D eigenvalue weighted by Crippen LogP contribution is -2.11. The third-order valence-electron chi connectivity index (χ3n) is 12.1. The minimum atomic E-state index is 0.909. The zero-order chi connectivity index (χ0) is 37.0. The number of rotatable bonds is 6. The maximum absolute atomic E-state index is 6.95. The molecule has 3 aliphatic carbocycles. The molecule has 2 heteroatoms. The van der Waals surface area contributed by atoms with Crippen molar-refractivity contribution in [3.63, 3.8) is 0 Å². The molecule has 1 aromatic heterocycles. The van der Waals surface area contributed by atoms with Crippen LogP contribution in [0.2, 0.25) is 0 Å². The standard InChI is InChI=1S/C54H41NO/c1-2-13-36(14-3-1)37-27-29-38(30-28-37)39-31-33-42(34-32-39)55(50-24-11-18-41-16-5-7-20-44(41)50)51-25-12-26-52-53(51)49-35-48(46-21-8-9-22-47(46)54(49)56-52)45-23-10-17-40-15-4-6-19-43(40)45/h1-3,5-7,9,11-14,16,18-20,22-35H,4,8,10,15,17,21H2. The molecule has 0 bridgehead atoms. The molecule has 0 unspecified atom stereocenters. The molecule has 11 rings (SSSR count). The molecule has 0 spiro atoms. The maximum atomic E-state index is 6.95. The molecule has 8 aromatic rings. The van der Waals surface area contributed by atoms with Crippen LogP contribution in [0.4, 0.5) is 17.1 Å². The summed E-state index contributed by atoms with van der Waals surface area (Å²) in [6.45, 7) is 0. The highest BCUT2D eigenvalue weighted by Crippen LogP contribution is 2.49. The Labute approximate surface area is 328 Å². The van der Waals surface area contributed by atoms with Crippen LogP contribution in [0.5, 0.6) is 0 Å². The molecule has 0 fully saturated rings. The summed E-state index contributed by atoms with van der Waals surface area (Å²) in [5.41, 5.74) is 18.6. The van der Waals surface area contributed by atoms with E-state index in [1.54, 1.807) is 5.57 Å². The quantitative estimate of drug-likeness (QED) is 0.170. The topological polar surface area (TPSA) is 16.4 Å². The zero-order valence-electron chi connectivity index (χ0n) is 31.3. The largest absolute Gasteiger partial charge is 0.455 e. The van der Waals surface area contributed by atoms with Gasteiger partial charge in [-0.15, -0.1) is 0 Å². The van der Waals surface area contributed by atoms with E-state index >= 15 is 0 Å². The Morgan fingerprint density at radius 2 is 1.18 bits per heavy atom. The Morgan fingerprint density at radius 3 is 2.02 bits per heavy atom. The summed E-state index contributed by atoms with van der Waals surface area (Å²) in [6.07, 6.45) is 18.5. The second kappa shape index (κ2) is 13.6. The molecular formula is C54H41NO. The summed E-state index contributed by atoms with van der Waals surface area (Å²) in [5.74, 6) is 0. The number of hydrogen-bond acceptors (Lipinski definition) is 2. The lowest BCUT2D eigenvalue weighted by atomic mass is 9.78. The predicted octanol–water partition coefficient (Wildman–Crippen LogP) is 15.3. The fourth-order valence-corrected chi connectivity index (χ4v) is 9.41. The number of nitrogens with zero attached hydrogens (tertiary/aromatic N) is 1. The van der Waals surface area contributed by atoms with Gasteiger partial charge in [0, 0.05) is 22.0 Å². The van der Waals surface area contributed by atoms with Crippen molar-refractivity contribution in [3.8, 4) is 22.3 Å². The minimum Gasteiger partial charge on any atom is -0.455 e. The van der Waals surface area contributed by atoms with Gasteiger partial charge in [-0.3, -0.25) is 0 Å². The fourth-order valence-electron chi connectivity index (χ4n) is 9.41. The van der Waals surface area contributed by atoms with Gasteiger partial charge in [0.2, 0.25) is 0 Å². The van der Waals surface area contributed by atoms with Crippen LogP contribution in [0.1, 0.15) is 48.8 Å². The Morgan fingerprint density at radius 1 is 0.518 bits per heavy atom. The molecule has 0 radical (unpaired) electrons. The highest BCUT2D eigenvalue weighted by atomic mass is 16.3. The van der Waals surface area contributed by atoms with E-state index in [2.05, 4.69) is 181 Å². The minimum absolute atomic E-state index is 0.909. The van der Waals surface area contributed by atoms with Gasteiger partial charge in [-0.05, 0) is 125 Å². The average Bonchev–Trinajstić information content (AvgIpc) is 3.66. The van der Waals surface area contributed by atoms with Gasteiger partial charge in [-0.25, -0.2) is 0 Å². The molecule has 7 aromatic carbocycles. The first kappa shape index (κ1) is 32.8. The van der Waals surface area contributed by atoms with Crippen LogP contribution in [0.25, 0.3) is 66.6 Å². The summed E-state index contributed by atoms with van der Waals surface area (Å²) < 4.78 is 6.95. The molecule has 2 nitrogen and oxygen atoms in total. The molecule has 1 heterocycles. The van der Waals surface area contributed by atoms with Gasteiger partial charge in [-0.1, -0.05) is 145 Å². The number of anilines is 3. The van der Waals surface area contributed by atoms with Gasteiger partial charge in [0.25, 0.3) is 0 Å². The molecule has 0 aliphatic heterocycles. The monoisotopic (exact) mass is 719 g/mol. The van der Waals surface area contributed by atoms with Crippen LogP contribution in [-0.4, -0.2) is 0 Å². The first-order valence-electron chi connectivity index (χ1n) is 20.1. The number of allylic oxidation sites excluding steroid dienone is 7. The molecule has 0 saturated carbocycles. The van der Waals surface area contributed by atoms with E-state index in [0.717, 1.165) is 59.3 Å². The van der Waals surface area contributed by atoms with Crippen LogP contribution in [0, 0.1) is 0 Å². The first-order chi connectivity index (χ1) is 27.8. The van der Waals surface area contributed by atoms with E-state index < -0.39 is 0 Å². The third-order valence-corrected chi connectivity index (χ3v) is 12.1. The number of benzene rings is 7. The number of furan rings is 1. The normalized spacial score (nSPS) is 15.0. The van der Waals surface area contributed by atoms with Gasteiger partial charge >= 0.3 is 0 Å². The van der Waals surface area contributed by atoms with Crippen LogP contribution >= 0.6 is 0 Å². The lowest BCUT2D eigenvalue weighted by molar-refractivity contribution is 0.666. The van der Waals surface area contributed by atoms with Crippen LogP contribution < -0.4 is 4.90 Å².